The molecule has 0 atom stereocenters. The predicted octanol–water partition coefficient (Wildman–Crippen LogP) is 2.64. The molecule has 1 heterocycles. The van der Waals surface area contributed by atoms with Gasteiger partial charge in [0.1, 0.15) is 11.6 Å². The van der Waals surface area contributed by atoms with E-state index in [1.807, 2.05) is 6.92 Å². The highest BCUT2D eigenvalue weighted by atomic mass is 32.2. The number of anilines is 1. The van der Waals surface area contributed by atoms with Gasteiger partial charge in [0.25, 0.3) is 10.0 Å². The molecule has 2 rings (SSSR count). The maximum Gasteiger partial charge on any atom is 0.263 e. The predicted molar refractivity (Wildman–Crippen MR) is 70.9 cm³/mol. The monoisotopic (exact) mass is 280 g/mol. The van der Waals surface area contributed by atoms with Gasteiger partial charge in [0, 0.05) is 6.20 Å². The van der Waals surface area contributed by atoms with Crippen molar-refractivity contribution < 1.29 is 12.8 Å². The molecule has 0 spiro atoms. The molecular weight excluding hydrogens is 267 g/mol. The third-order valence-electron chi connectivity index (χ3n) is 2.59. The summed E-state index contributed by atoms with van der Waals surface area (Å²) in [6.07, 6.45) is 1.55. The number of halogens is 1. The third kappa shape index (κ3) is 3.08. The van der Waals surface area contributed by atoms with Crippen LogP contribution in [0.3, 0.4) is 0 Å². The molecule has 0 aliphatic rings. The van der Waals surface area contributed by atoms with Crippen LogP contribution in [0.4, 0.5) is 10.2 Å². The van der Waals surface area contributed by atoms with Crippen LogP contribution in [0.1, 0.15) is 11.1 Å². The van der Waals surface area contributed by atoms with E-state index in [1.54, 1.807) is 25.3 Å². The molecule has 0 amide bonds. The molecule has 4 nitrogen and oxygen atoms in total. The van der Waals surface area contributed by atoms with Crippen LogP contribution < -0.4 is 4.72 Å². The van der Waals surface area contributed by atoms with Gasteiger partial charge in [-0.1, -0.05) is 12.1 Å². The van der Waals surface area contributed by atoms with Crippen molar-refractivity contribution >= 4 is 15.8 Å². The molecule has 6 heteroatoms. The van der Waals surface area contributed by atoms with Gasteiger partial charge in [-0.2, -0.15) is 0 Å². The summed E-state index contributed by atoms with van der Waals surface area (Å²) in [7, 11) is -3.83. The number of pyridine rings is 1. The van der Waals surface area contributed by atoms with Gasteiger partial charge in [0.15, 0.2) is 0 Å². The molecule has 0 saturated carbocycles. The average molecular weight is 280 g/mol. The quantitative estimate of drug-likeness (QED) is 0.940. The summed E-state index contributed by atoms with van der Waals surface area (Å²) in [5.74, 6) is -0.392. The molecule has 1 aromatic carbocycles. The molecular formula is C13H13FN2O2S. The van der Waals surface area contributed by atoms with Crippen molar-refractivity contribution in [2.24, 2.45) is 0 Å². The molecule has 0 aliphatic carbocycles. The van der Waals surface area contributed by atoms with E-state index in [9.17, 15) is 12.8 Å². The van der Waals surface area contributed by atoms with E-state index in [4.69, 9.17) is 0 Å². The van der Waals surface area contributed by atoms with Crippen molar-refractivity contribution in [1.82, 2.24) is 4.98 Å². The first-order valence-electron chi connectivity index (χ1n) is 5.60. The van der Waals surface area contributed by atoms with Gasteiger partial charge in [-0.05, 0) is 43.2 Å². The summed E-state index contributed by atoms with van der Waals surface area (Å²) in [5, 5.41) is 0. The molecule has 0 radical (unpaired) electrons. The number of aromatic nitrogens is 1. The molecule has 0 saturated heterocycles. The van der Waals surface area contributed by atoms with Crippen LogP contribution in [-0.4, -0.2) is 13.4 Å². The van der Waals surface area contributed by atoms with Crippen molar-refractivity contribution in [3.05, 3.63) is 53.5 Å². The van der Waals surface area contributed by atoms with Crippen LogP contribution in [0.2, 0.25) is 0 Å². The Hall–Kier alpha value is -1.95. The largest absolute Gasteiger partial charge is 0.263 e. The molecule has 0 bridgehead atoms. The Morgan fingerprint density at radius 2 is 1.89 bits per heavy atom. The lowest BCUT2D eigenvalue weighted by Gasteiger charge is -2.09. The number of hydrogen-bond donors (Lipinski definition) is 1. The van der Waals surface area contributed by atoms with Crippen molar-refractivity contribution in [2.75, 3.05) is 4.72 Å². The van der Waals surface area contributed by atoms with Crippen molar-refractivity contribution in [3.8, 4) is 0 Å². The fraction of sp³-hybridized carbons (Fsp3) is 0.154. The maximum absolute atomic E-state index is 13.2. The van der Waals surface area contributed by atoms with E-state index in [0.717, 1.165) is 11.6 Å². The second kappa shape index (κ2) is 4.97. The number of rotatable bonds is 3. The van der Waals surface area contributed by atoms with Crippen LogP contribution in [0.5, 0.6) is 0 Å². The molecule has 0 unspecified atom stereocenters. The Kier molecular flexibility index (Phi) is 3.53. The highest BCUT2D eigenvalue weighted by Gasteiger charge is 2.18. The summed E-state index contributed by atoms with van der Waals surface area (Å²) >= 11 is 0. The maximum atomic E-state index is 13.2. The van der Waals surface area contributed by atoms with Crippen LogP contribution in [0, 0.1) is 19.7 Å². The number of nitrogens with zero attached hydrogens (tertiary/aromatic N) is 1. The van der Waals surface area contributed by atoms with Crippen molar-refractivity contribution in [3.63, 3.8) is 0 Å². The topological polar surface area (TPSA) is 59.1 Å². The van der Waals surface area contributed by atoms with Gasteiger partial charge in [0.2, 0.25) is 0 Å². The molecule has 1 aromatic heterocycles. The normalized spacial score (nSPS) is 11.3. The van der Waals surface area contributed by atoms with Crippen LogP contribution in [-0.2, 0) is 10.0 Å². The Morgan fingerprint density at radius 3 is 2.53 bits per heavy atom. The number of sulfonamides is 1. The number of aryl methyl sites for hydroxylation is 2. The zero-order valence-electron chi connectivity index (χ0n) is 10.5. The molecule has 1 N–H and O–H groups in total. The van der Waals surface area contributed by atoms with Gasteiger partial charge in [-0.25, -0.2) is 17.8 Å². The Bertz CT molecular complexity index is 697. The van der Waals surface area contributed by atoms with Gasteiger partial charge in [-0.15, -0.1) is 0 Å². The van der Waals surface area contributed by atoms with E-state index in [1.165, 1.54) is 12.1 Å². The standard InChI is InChI=1S/C13H13FN2O2S/c1-9-3-6-13(15-8-9)16-19(17,18)12-7-11(14)5-4-10(12)2/h3-8H,1-2H3,(H,15,16). The Morgan fingerprint density at radius 1 is 1.16 bits per heavy atom. The fourth-order valence-corrected chi connectivity index (χ4v) is 2.85. The lowest BCUT2D eigenvalue weighted by molar-refractivity contribution is 0.594. The number of hydrogen-bond acceptors (Lipinski definition) is 3. The van der Waals surface area contributed by atoms with Gasteiger partial charge < -0.3 is 0 Å². The minimum Gasteiger partial charge on any atom is -0.263 e. The highest BCUT2D eigenvalue weighted by Crippen LogP contribution is 2.19. The second-order valence-corrected chi connectivity index (χ2v) is 5.89. The first-order valence-corrected chi connectivity index (χ1v) is 7.08. The average Bonchev–Trinajstić information content (AvgIpc) is 2.35. The van der Waals surface area contributed by atoms with Crippen LogP contribution in [0.25, 0.3) is 0 Å². The van der Waals surface area contributed by atoms with Gasteiger partial charge in [-0.3, -0.25) is 4.72 Å². The molecule has 100 valence electrons. The SMILES string of the molecule is Cc1ccc(NS(=O)(=O)c2cc(F)ccc2C)nc1. The van der Waals surface area contributed by atoms with E-state index >= 15 is 0 Å². The van der Waals surface area contributed by atoms with E-state index in [2.05, 4.69) is 9.71 Å². The lowest BCUT2D eigenvalue weighted by Crippen LogP contribution is -2.15. The van der Waals surface area contributed by atoms with E-state index < -0.39 is 15.8 Å². The summed E-state index contributed by atoms with van der Waals surface area (Å²) in [5.41, 5.74) is 1.39. The smallest absolute Gasteiger partial charge is 0.263 e. The number of nitrogens with one attached hydrogen (secondary N) is 1. The molecule has 0 fully saturated rings. The van der Waals surface area contributed by atoms with Gasteiger partial charge in [0.05, 0.1) is 4.90 Å². The minimum atomic E-state index is -3.83. The summed E-state index contributed by atoms with van der Waals surface area (Å²) < 4.78 is 39.8. The lowest BCUT2D eigenvalue weighted by atomic mass is 10.2. The van der Waals surface area contributed by atoms with Gasteiger partial charge >= 0.3 is 0 Å². The minimum absolute atomic E-state index is 0.0881. The number of benzene rings is 1. The summed E-state index contributed by atoms with van der Waals surface area (Å²) in [6, 6.07) is 6.93. The van der Waals surface area contributed by atoms with E-state index in [0.29, 0.717) is 5.56 Å². The highest BCUT2D eigenvalue weighted by molar-refractivity contribution is 7.92. The molecule has 19 heavy (non-hydrogen) atoms. The second-order valence-electron chi connectivity index (χ2n) is 4.24. The first-order chi connectivity index (χ1) is 8.88. The summed E-state index contributed by atoms with van der Waals surface area (Å²) in [6.45, 7) is 3.46. The Balaban J connectivity index is 2.37. The third-order valence-corrected chi connectivity index (χ3v) is 4.09. The van der Waals surface area contributed by atoms with Crippen molar-refractivity contribution in [1.29, 1.82) is 0 Å². The summed E-state index contributed by atoms with van der Waals surface area (Å²) in [4.78, 5) is 3.87. The molecule has 2 aromatic rings. The zero-order chi connectivity index (χ0) is 14.0. The Labute approximate surface area is 111 Å². The van der Waals surface area contributed by atoms with Crippen LogP contribution >= 0.6 is 0 Å². The zero-order valence-corrected chi connectivity index (χ0v) is 11.3. The fourth-order valence-electron chi connectivity index (χ4n) is 1.58. The van der Waals surface area contributed by atoms with E-state index in [-0.39, 0.29) is 10.7 Å². The van der Waals surface area contributed by atoms with Crippen LogP contribution in [0.15, 0.2) is 41.4 Å². The first kappa shape index (κ1) is 13.5. The van der Waals surface area contributed by atoms with Crippen molar-refractivity contribution in [2.45, 2.75) is 18.7 Å². The molecule has 0 aliphatic heterocycles.